The summed E-state index contributed by atoms with van der Waals surface area (Å²) in [7, 11) is 0. The number of nitriles is 1. The van der Waals surface area contributed by atoms with Crippen LogP contribution in [0.4, 0.5) is 0 Å². The predicted molar refractivity (Wildman–Crippen MR) is 72.3 cm³/mol. The maximum atomic E-state index is 11.2. The maximum absolute atomic E-state index is 11.2. The Labute approximate surface area is 113 Å². The van der Waals surface area contributed by atoms with Crippen LogP contribution in [0.15, 0.2) is 36.0 Å². The highest BCUT2D eigenvalue weighted by Gasteiger charge is 2.41. The van der Waals surface area contributed by atoms with E-state index in [4.69, 9.17) is 10.4 Å². The Morgan fingerprint density at radius 1 is 1.42 bits per heavy atom. The van der Waals surface area contributed by atoms with Crippen molar-refractivity contribution >= 4 is 5.97 Å². The van der Waals surface area contributed by atoms with E-state index in [-0.39, 0.29) is 0 Å². The molecular weight excluding hydrogens is 240 g/mol. The third-order valence-electron chi connectivity index (χ3n) is 3.81. The summed E-state index contributed by atoms with van der Waals surface area (Å²) >= 11 is 0. The number of likely N-dealkylation sites (tertiary alicyclic amines) is 1. The molecule has 0 amide bonds. The van der Waals surface area contributed by atoms with E-state index in [1.54, 1.807) is 0 Å². The van der Waals surface area contributed by atoms with Crippen molar-refractivity contribution in [3.63, 3.8) is 0 Å². The van der Waals surface area contributed by atoms with Gasteiger partial charge in [-0.15, -0.1) is 0 Å². The number of allylic oxidation sites excluding steroid dienone is 4. The second-order valence-electron chi connectivity index (χ2n) is 5.08. The van der Waals surface area contributed by atoms with Crippen LogP contribution in [0.5, 0.6) is 0 Å². The molecule has 2 aliphatic rings. The number of hydrogen-bond acceptors (Lipinski definition) is 3. The zero-order valence-corrected chi connectivity index (χ0v) is 10.9. The summed E-state index contributed by atoms with van der Waals surface area (Å²) in [6, 6.07) is 1.99. The minimum absolute atomic E-state index is 0.411. The number of carboxylic acid groups (broad SMARTS) is 1. The fourth-order valence-electron chi connectivity index (χ4n) is 2.47. The normalized spacial score (nSPS) is 22.4. The molecule has 19 heavy (non-hydrogen) atoms. The molecular formula is C15H18N2O2. The first-order valence-corrected chi connectivity index (χ1v) is 6.55. The lowest BCUT2D eigenvalue weighted by molar-refractivity contribution is -0.147. The summed E-state index contributed by atoms with van der Waals surface area (Å²) in [4.78, 5) is 13.4. The topological polar surface area (TPSA) is 64.3 Å². The number of carbonyl (C=O) groups is 1. The summed E-state index contributed by atoms with van der Waals surface area (Å²) in [6.07, 6.45) is 12.2. The monoisotopic (exact) mass is 258 g/mol. The summed E-state index contributed by atoms with van der Waals surface area (Å²) < 4.78 is 0. The van der Waals surface area contributed by atoms with Gasteiger partial charge in [0.1, 0.15) is 0 Å². The lowest BCUT2D eigenvalue weighted by Gasteiger charge is -2.34. The first kappa shape index (κ1) is 13.6. The lowest BCUT2D eigenvalue weighted by atomic mass is 9.80. The van der Waals surface area contributed by atoms with Crippen LogP contribution in [-0.4, -0.2) is 35.6 Å². The van der Waals surface area contributed by atoms with E-state index in [1.165, 1.54) is 5.57 Å². The highest BCUT2D eigenvalue weighted by molar-refractivity contribution is 5.78. The minimum Gasteiger partial charge on any atom is -0.480 e. The fraction of sp³-hybridized carbons (Fsp3) is 0.467. The highest BCUT2D eigenvalue weighted by atomic mass is 16.4. The second-order valence-corrected chi connectivity index (χ2v) is 5.08. The molecule has 1 N–H and O–H groups in total. The van der Waals surface area contributed by atoms with E-state index in [9.17, 15) is 4.79 Å². The Morgan fingerprint density at radius 2 is 2.16 bits per heavy atom. The van der Waals surface area contributed by atoms with E-state index in [2.05, 4.69) is 23.1 Å². The lowest BCUT2D eigenvalue weighted by Crippen LogP contribution is -2.44. The molecule has 0 unspecified atom stereocenters. The number of piperidine rings is 1. The number of nitrogens with zero attached hydrogens (tertiary/aromatic N) is 2. The van der Waals surface area contributed by atoms with E-state index < -0.39 is 11.4 Å². The van der Waals surface area contributed by atoms with Gasteiger partial charge < -0.3 is 5.11 Å². The van der Waals surface area contributed by atoms with Gasteiger partial charge in [0.05, 0.1) is 6.07 Å². The quantitative estimate of drug-likeness (QED) is 0.842. The van der Waals surface area contributed by atoms with Crippen molar-refractivity contribution in [1.29, 1.82) is 5.26 Å². The van der Waals surface area contributed by atoms with Crippen molar-refractivity contribution in [2.24, 2.45) is 5.41 Å². The summed E-state index contributed by atoms with van der Waals surface area (Å²) in [6.45, 7) is 2.16. The molecule has 100 valence electrons. The van der Waals surface area contributed by atoms with E-state index >= 15 is 0 Å². The molecule has 4 nitrogen and oxygen atoms in total. The minimum atomic E-state index is -1.17. The van der Waals surface area contributed by atoms with Gasteiger partial charge in [0.15, 0.2) is 5.41 Å². The summed E-state index contributed by atoms with van der Waals surface area (Å²) in [5, 5.41) is 18.2. The number of hydrogen-bond donors (Lipinski definition) is 1. The zero-order valence-electron chi connectivity index (χ0n) is 10.9. The molecule has 0 saturated carbocycles. The molecule has 1 heterocycles. The van der Waals surface area contributed by atoms with Gasteiger partial charge in [-0.1, -0.05) is 30.4 Å². The molecule has 0 aromatic heterocycles. The summed E-state index contributed by atoms with van der Waals surface area (Å²) in [5.41, 5.74) is 0.0796. The molecule has 0 bridgehead atoms. The van der Waals surface area contributed by atoms with Crippen LogP contribution in [0.1, 0.15) is 19.3 Å². The molecule has 4 heteroatoms. The second kappa shape index (κ2) is 5.85. The molecule has 0 aromatic carbocycles. The van der Waals surface area contributed by atoms with E-state index in [0.717, 1.165) is 13.0 Å². The predicted octanol–water partition coefficient (Wildman–Crippen LogP) is 2.12. The van der Waals surface area contributed by atoms with Crippen molar-refractivity contribution in [3.05, 3.63) is 36.0 Å². The van der Waals surface area contributed by atoms with Crippen molar-refractivity contribution in [2.75, 3.05) is 19.6 Å². The third kappa shape index (κ3) is 3.12. The molecule has 1 saturated heterocycles. The van der Waals surface area contributed by atoms with Crippen LogP contribution in [0.3, 0.4) is 0 Å². The maximum Gasteiger partial charge on any atom is 0.324 e. The number of carboxylic acids is 1. The van der Waals surface area contributed by atoms with Gasteiger partial charge in [-0.3, -0.25) is 9.69 Å². The molecule has 0 aromatic rings. The van der Waals surface area contributed by atoms with E-state index in [1.807, 2.05) is 18.2 Å². The molecule has 1 aliphatic carbocycles. The molecule has 0 radical (unpaired) electrons. The Hall–Kier alpha value is -1.86. The average Bonchev–Trinajstić information content (AvgIpc) is 2.68. The van der Waals surface area contributed by atoms with Gasteiger partial charge >= 0.3 is 5.97 Å². The first-order valence-electron chi connectivity index (χ1n) is 6.55. The van der Waals surface area contributed by atoms with Crippen LogP contribution in [0.2, 0.25) is 0 Å². The molecule has 2 rings (SSSR count). The molecule has 0 spiro atoms. The third-order valence-corrected chi connectivity index (χ3v) is 3.81. The summed E-state index contributed by atoms with van der Waals surface area (Å²) in [5.74, 6) is -0.979. The van der Waals surface area contributed by atoms with Crippen molar-refractivity contribution < 1.29 is 9.90 Å². The Morgan fingerprint density at radius 3 is 2.79 bits per heavy atom. The number of aliphatic carboxylic acids is 1. The number of rotatable bonds is 3. The van der Waals surface area contributed by atoms with Crippen molar-refractivity contribution in [1.82, 2.24) is 4.90 Å². The Bertz CT molecular complexity index is 475. The molecule has 1 fully saturated rings. The van der Waals surface area contributed by atoms with Gasteiger partial charge in [-0.2, -0.15) is 5.26 Å². The van der Waals surface area contributed by atoms with Crippen LogP contribution >= 0.6 is 0 Å². The van der Waals surface area contributed by atoms with Crippen LogP contribution in [0, 0.1) is 16.7 Å². The standard InChI is InChI=1S/C15H18N2O2/c16-12-15(14(18)19)7-9-17(10-8-15)11-13-5-3-1-2-4-6-13/h1-3,5-6H,4,7-11H2,(H,18,19). The van der Waals surface area contributed by atoms with Gasteiger partial charge in [-0.05, 0) is 24.8 Å². The Kier molecular flexibility index (Phi) is 4.18. The Balaban J connectivity index is 1.92. The van der Waals surface area contributed by atoms with Crippen molar-refractivity contribution in [3.8, 4) is 6.07 Å². The zero-order chi connectivity index (χ0) is 13.7. The van der Waals surface area contributed by atoms with E-state index in [0.29, 0.717) is 25.9 Å². The first-order chi connectivity index (χ1) is 9.16. The largest absolute Gasteiger partial charge is 0.480 e. The molecule has 1 aliphatic heterocycles. The van der Waals surface area contributed by atoms with Gasteiger partial charge in [-0.25, -0.2) is 0 Å². The van der Waals surface area contributed by atoms with Crippen LogP contribution < -0.4 is 0 Å². The van der Waals surface area contributed by atoms with Crippen molar-refractivity contribution in [2.45, 2.75) is 19.3 Å². The van der Waals surface area contributed by atoms with Gasteiger partial charge in [0.2, 0.25) is 0 Å². The average molecular weight is 258 g/mol. The van der Waals surface area contributed by atoms with Crippen LogP contribution in [-0.2, 0) is 4.79 Å². The molecule has 0 atom stereocenters. The smallest absolute Gasteiger partial charge is 0.324 e. The SMILES string of the molecule is N#CC1(C(=O)O)CCN(CC2=CCC=CC=C2)CC1. The highest BCUT2D eigenvalue weighted by Crippen LogP contribution is 2.31. The van der Waals surface area contributed by atoms with Gasteiger partial charge in [0, 0.05) is 19.6 Å². The fourth-order valence-corrected chi connectivity index (χ4v) is 2.47. The van der Waals surface area contributed by atoms with Crippen LogP contribution in [0.25, 0.3) is 0 Å². The van der Waals surface area contributed by atoms with Gasteiger partial charge in [0.25, 0.3) is 0 Å².